The van der Waals surface area contributed by atoms with Crippen LogP contribution in [0.5, 0.6) is 0 Å². The lowest BCUT2D eigenvalue weighted by atomic mass is 9.89. The zero-order valence-corrected chi connectivity index (χ0v) is 13.7. The van der Waals surface area contributed by atoms with E-state index in [1.54, 1.807) is 0 Å². The summed E-state index contributed by atoms with van der Waals surface area (Å²) in [5.74, 6) is -2.24. The number of pyridine rings is 1. The summed E-state index contributed by atoms with van der Waals surface area (Å²) in [5.41, 5.74) is 3.60. The summed E-state index contributed by atoms with van der Waals surface area (Å²) in [6, 6.07) is 7.53. The van der Waals surface area contributed by atoms with Crippen molar-refractivity contribution in [3.8, 4) is 0 Å². The first kappa shape index (κ1) is 15.7. The highest BCUT2D eigenvalue weighted by Gasteiger charge is 2.29. The minimum atomic E-state index is -0.768. The van der Waals surface area contributed by atoms with E-state index in [9.17, 15) is 13.6 Å². The number of nitrogens with one attached hydrogen (secondary N) is 1. The topological polar surface area (TPSA) is 46.4 Å². The molecule has 1 amide bonds. The first-order valence-electron chi connectivity index (χ1n) is 8.24. The molecule has 0 saturated carbocycles. The molecule has 0 radical (unpaired) electrons. The van der Waals surface area contributed by atoms with E-state index in [1.807, 2.05) is 29.7 Å². The lowest BCUT2D eigenvalue weighted by Gasteiger charge is -2.21. The van der Waals surface area contributed by atoms with E-state index in [-0.39, 0.29) is 17.5 Å². The van der Waals surface area contributed by atoms with E-state index in [1.165, 1.54) is 6.07 Å². The Kier molecular flexibility index (Phi) is 3.75. The number of carbonyl (C=O) groups is 1. The zero-order valence-electron chi connectivity index (χ0n) is 13.7. The largest absolute Gasteiger partial charge is 0.321 e. The molecule has 1 aromatic carbocycles. The van der Waals surface area contributed by atoms with Crippen molar-refractivity contribution in [1.82, 2.24) is 9.38 Å². The average Bonchev–Trinajstić information content (AvgIpc) is 2.94. The Morgan fingerprint density at radius 3 is 2.80 bits per heavy atom. The Morgan fingerprint density at radius 1 is 1.28 bits per heavy atom. The zero-order chi connectivity index (χ0) is 17.6. The van der Waals surface area contributed by atoms with Crippen molar-refractivity contribution >= 4 is 17.2 Å². The number of carbonyl (C=O) groups excluding carboxylic acids is 1. The molecule has 4 rings (SSSR count). The molecular formula is C19H17F2N3O. The van der Waals surface area contributed by atoms with Gasteiger partial charge < -0.3 is 9.72 Å². The van der Waals surface area contributed by atoms with Crippen LogP contribution in [0.2, 0.25) is 0 Å². The second-order valence-electron chi connectivity index (χ2n) is 6.46. The molecule has 0 aliphatic heterocycles. The number of aryl methyl sites for hydroxylation is 2. The van der Waals surface area contributed by atoms with Crippen molar-refractivity contribution < 1.29 is 13.6 Å². The van der Waals surface area contributed by atoms with Crippen LogP contribution >= 0.6 is 0 Å². The van der Waals surface area contributed by atoms with Crippen LogP contribution in [-0.4, -0.2) is 15.3 Å². The molecule has 0 spiro atoms. The molecule has 0 fully saturated rings. The highest BCUT2D eigenvalue weighted by molar-refractivity contribution is 5.93. The summed E-state index contributed by atoms with van der Waals surface area (Å²) in [6.45, 7) is 2.01. The molecule has 3 aromatic rings. The normalized spacial score (nSPS) is 16.7. The van der Waals surface area contributed by atoms with E-state index in [0.29, 0.717) is 19.3 Å². The number of fused-ring (bicyclic) bond motifs is 3. The van der Waals surface area contributed by atoms with Gasteiger partial charge in [-0.15, -0.1) is 0 Å². The Bertz CT molecular complexity index is 960. The van der Waals surface area contributed by atoms with Crippen LogP contribution in [0.3, 0.4) is 0 Å². The van der Waals surface area contributed by atoms with Crippen LogP contribution in [0.15, 0.2) is 36.5 Å². The van der Waals surface area contributed by atoms with E-state index in [4.69, 9.17) is 0 Å². The molecule has 1 atom stereocenters. The smallest absolute Gasteiger partial charge is 0.228 e. The van der Waals surface area contributed by atoms with E-state index in [0.717, 1.165) is 34.7 Å². The van der Waals surface area contributed by atoms with Gasteiger partial charge in [-0.25, -0.2) is 13.8 Å². The van der Waals surface area contributed by atoms with Crippen molar-refractivity contribution in [3.63, 3.8) is 0 Å². The number of hydrogen-bond acceptors (Lipinski definition) is 2. The van der Waals surface area contributed by atoms with Crippen molar-refractivity contribution in [2.75, 3.05) is 5.32 Å². The number of rotatable bonds is 2. The van der Waals surface area contributed by atoms with Gasteiger partial charge in [0.25, 0.3) is 0 Å². The lowest BCUT2D eigenvalue weighted by Crippen LogP contribution is -2.29. The highest BCUT2D eigenvalue weighted by atomic mass is 19.1. The molecule has 1 aliphatic carbocycles. The van der Waals surface area contributed by atoms with E-state index < -0.39 is 11.6 Å². The van der Waals surface area contributed by atoms with Gasteiger partial charge in [0.15, 0.2) is 0 Å². The van der Waals surface area contributed by atoms with Crippen molar-refractivity contribution in [2.24, 2.45) is 5.92 Å². The summed E-state index contributed by atoms with van der Waals surface area (Å²) in [6.07, 6.45) is 3.74. The third-order valence-corrected chi connectivity index (χ3v) is 4.71. The van der Waals surface area contributed by atoms with Gasteiger partial charge in [-0.3, -0.25) is 4.79 Å². The van der Waals surface area contributed by atoms with Crippen LogP contribution < -0.4 is 5.32 Å². The molecule has 2 heterocycles. The molecule has 4 nitrogen and oxygen atoms in total. The second-order valence-corrected chi connectivity index (χ2v) is 6.46. The van der Waals surface area contributed by atoms with Crippen molar-refractivity contribution in [1.29, 1.82) is 0 Å². The van der Waals surface area contributed by atoms with Gasteiger partial charge in [0, 0.05) is 24.2 Å². The van der Waals surface area contributed by atoms with Gasteiger partial charge >= 0.3 is 0 Å². The summed E-state index contributed by atoms with van der Waals surface area (Å²) in [4.78, 5) is 17.2. The average molecular weight is 341 g/mol. The highest BCUT2D eigenvalue weighted by Crippen LogP contribution is 2.28. The van der Waals surface area contributed by atoms with Gasteiger partial charge in [-0.2, -0.15) is 0 Å². The molecule has 1 unspecified atom stereocenters. The number of nitrogens with zero attached hydrogens (tertiary/aromatic N) is 2. The predicted octanol–water partition coefficient (Wildman–Crippen LogP) is 3.66. The van der Waals surface area contributed by atoms with Crippen LogP contribution in [0.25, 0.3) is 5.65 Å². The van der Waals surface area contributed by atoms with Gasteiger partial charge in [0.2, 0.25) is 5.91 Å². The quantitative estimate of drug-likeness (QED) is 0.773. The fourth-order valence-electron chi connectivity index (χ4n) is 3.38. The fraction of sp³-hybridized carbons (Fsp3) is 0.263. The van der Waals surface area contributed by atoms with Gasteiger partial charge in [-0.05, 0) is 49.6 Å². The third-order valence-electron chi connectivity index (χ3n) is 4.71. The number of halogens is 2. The molecular weight excluding hydrogens is 324 g/mol. The summed E-state index contributed by atoms with van der Waals surface area (Å²) < 4.78 is 29.5. The summed E-state index contributed by atoms with van der Waals surface area (Å²) in [5, 5.41) is 2.41. The molecule has 25 heavy (non-hydrogen) atoms. The monoisotopic (exact) mass is 341 g/mol. The number of hydrogen-bond donors (Lipinski definition) is 1. The minimum absolute atomic E-state index is 0.340. The molecule has 0 bridgehead atoms. The lowest BCUT2D eigenvalue weighted by molar-refractivity contribution is -0.120. The van der Waals surface area contributed by atoms with Gasteiger partial charge in [-0.1, -0.05) is 6.07 Å². The number of benzene rings is 1. The van der Waals surface area contributed by atoms with E-state index in [2.05, 4.69) is 10.3 Å². The van der Waals surface area contributed by atoms with Gasteiger partial charge in [0.1, 0.15) is 23.0 Å². The number of para-hydroxylation sites is 1. The number of amides is 1. The molecule has 6 heteroatoms. The van der Waals surface area contributed by atoms with Crippen LogP contribution in [0.1, 0.15) is 23.4 Å². The van der Waals surface area contributed by atoms with Crippen LogP contribution in [-0.2, 0) is 17.6 Å². The summed E-state index contributed by atoms with van der Waals surface area (Å²) in [7, 11) is 0. The molecule has 1 N–H and O–H groups in total. The Morgan fingerprint density at radius 2 is 2.04 bits per heavy atom. The van der Waals surface area contributed by atoms with Crippen molar-refractivity contribution in [2.45, 2.75) is 26.2 Å². The van der Waals surface area contributed by atoms with Gasteiger partial charge in [0.05, 0.1) is 5.69 Å². The standard InChI is InChI=1S/C19H17F2N3O/c1-11-7-8-24-16-10-12(5-6-15(16)22-17(24)9-11)19(25)23-18-13(20)3-2-4-14(18)21/h2-4,7-9,12H,5-6,10H2,1H3,(H,23,25). The second kappa shape index (κ2) is 5.95. The SMILES string of the molecule is Cc1ccn2c3c(nc2c1)CCC(C(=O)Nc1c(F)cccc1F)C3. The maximum atomic E-state index is 13.7. The maximum absolute atomic E-state index is 13.7. The molecule has 2 aromatic heterocycles. The molecule has 0 saturated heterocycles. The van der Waals surface area contributed by atoms with Crippen LogP contribution in [0, 0.1) is 24.5 Å². The number of aromatic nitrogens is 2. The fourth-order valence-corrected chi connectivity index (χ4v) is 3.38. The maximum Gasteiger partial charge on any atom is 0.228 e. The third kappa shape index (κ3) is 2.77. The Balaban J connectivity index is 1.59. The first-order valence-corrected chi connectivity index (χ1v) is 8.24. The Labute approximate surface area is 143 Å². The van der Waals surface area contributed by atoms with Crippen LogP contribution in [0.4, 0.5) is 14.5 Å². The van der Waals surface area contributed by atoms with E-state index >= 15 is 0 Å². The predicted molar refractivity (Wildman–Crippen MR) is 90.4 cm³/mol. The molecule has 1 aliphatic rings. The molecule has 128 valence electrons. The Hall–Kier alpha value is -2.76. The summed E-state index contributed by atoms with van der Waals surface area (Å²) >= 11 is 0. The number of anilines is 1. The first-order chi connectivity index (χ1) is 12.0. The minimum Gasteiger partial charge on any atom is -0.321 e. The number of imidazole rings is 1. The van der Waals surface area contributed by atoms with Crippen molar-refractivity contribution in [3.05, 3.63) is 65.1 Å².